The fourth-order valence-corrected chi connectivity index (χ4v) is 22.1. The maximum absolute atomic E-state index is 5.50. The lowest BCUT2D eigenvalue weighted by Gasteiger charge is -2.49. The fourth-order valence-electron chi connectivity index (χ4n) is 22.1. The molecule has 0 saturated carbocycles. The van der Waals surface area contributed by atoms with E-state index in [-0.39, 0.29) is 45.6 Å². The highest BCUT2D eigenvalue weighted by atomic mass is 15.2. The van der Waals surface area contributed by atoms with Gasteiger partial charge in [0.25, 0.3) is 0 Å². The van der Waals surface area contributed by atoms with Crippen molar-refractivity contribution in [2.24, 2.45) is 21.8 Å². The first kappa shape index (κ1) is 68.0. The quantitative estimate of drug-likeness (QED) is 0.156. The summed E-state index contributed by atoms with van der Waals surface area (Å²) >= 11 is 0. The van der Waals surface area contributed by atoms with E-state index in [0.717, 1.165) is 77.8 Å². The second-order valence-electron chi connectivity index (χ2n) is 35.8. The molecule has 15 aromatic rings. The Labute approximate surface area is 671 Å². The molecule has 6 aliphatic carbocycles. The summed E-state index contributed by atoms with van der Waals surface area (Å²) < 4.78 is 5.25. The van der Waals surface area contributed by atoms with E-state index in [0.29, 0.717) is 23.4 Å². The number of aromatic nitrogens is 5. The monoisotopic (exact) mass is 1480 g/mol. The standard InChI is InChI=1S/C107H88N8/c1-104(2)54-55-107(7)86-37-23-30-72-58-74(61-92(93(72)86)115-91-39-21-19-35-81(91)83-50-52-87(104)95(107)97(83)115)101-109-98(65-24-10-8-11-25-65)108-100(110-101)73-47-46-68-56-67(44-45-69(68)57-73)63-40-42-64(43-41-63)89-62-105(3,4)94-88(106(89,5)6)53-51-82-80-34-18-20-38-90(80)114(96(82)94)75-48-49-77-70(59-75)29-22-36-84(77)102-111-99(66-26-12-9-13-27-66)112-103(113-102)85-60-71-28-14-15-31-76(71)78-32-16-17-33-79(78)85/h8-40,42-53,56-58,61,63,70,85,89,102H,41,54-55,59-60,62H2,1-7H3,(H,111,112,113). The number of nitrogens with zero attached hydrogens (tertiary/aromatic N) is 7. The third-order valence-corrected chi connectivity index (χ3v) is 28.0. The average Bonchev–Trinajstić information content (AvgIpc) is 1.54. The van der Waals surface area contributed by atoms with E-state index in [4.69, 9.17) is 24.9 Å². The van der Waals surface area contributed by atoms with Gasteiger partial charge >= 0.3 is 0 Å². The molecule has 8 nitrogen and oxygen atoms in total. The number of para-hydroxylation sites is 2. The molecular formula is C107H88N8. The van der Waals surface area contributed by atoms with Crippen LogP contribution in [0.5, 0.6) is 0 Å². The Morgan fingerprint density at radius 2 is 1.13 bits per heavy atom. The van der Waals surface area contributed by atoms with Crippen LogP contribution < -0.4 is 5.32 Å². The van der Waals surface area contributed by atoms with Gasteiger partial charge in [-0.15, -0.1) is 0 Å². The molecule has 0 radical (unpaired) electrons. The molecule has 23 rings (SSSR count). The molecule has 115 heavy (non-hydrogen) atoms. The van der Waals surface area contributed by atoms with Gasteiger partial charge in [0, 0.05) is 83.6 Å². The van der Waals surface area contributed by atoms with Gasteiger partial charge < -0.3 is 14.5 Å². The molecule has 556 valence electrons. The molecule has 0 bridgehead atoms. The molecule has 0 fully saturated rings. The summed E-state index contributed by atoms with van der Waals surface area (Å²) in [4.78, 5) is 27.1. The van der Waals surface area contributed by atoms with Crippen molar-refractivity contribution in [1.29, 1.82) is 0 Å². The molecule has 5 heterocycles. The molecule has 0 spiro atoms. The summed E-state index contributed by atoms with van der Waals surface area (Å²) in [5.41, 5.74) is 28.8. The van der Waals surface area contributed by atoms with Crippen molar-refractivity contribution >= 4 is 82.5 Å². The maximum atomic E-state index is 5.50. The maximum Gasteiger partial charge on any atom is 0.164 e. The molecular weight excluding hydrogens is 1400 g/mol. The van der Waals surface area contributed by atoms with Crippen LogP contribution in [-0.2, 0) is 28.1 Å². The number of fused-ring (bicyclic) bond motifs is 15. The molecule has 6 unspecified atom stereocenters. The molecule has 6 atom stereocenters. The summed E-state index contributed by atoms with van der Waals surface area (Å²) in [6.45, 7) is 17.5. The minimum Gasteiger partial charge on any atom is -0.348 e. The van der Waals surface area contributed by atoms with Crippen LogP contribution in [0, 0.1) is 11.8 Å². The van der Waals surface area contributed by atoms with Crippen molar-refractivity contribution in [3.8, 4) is 51.0 Å². The van der Waals surface area contributed by atoms with E-state index in [1.54, 1.807) is 0 Å². The van der Waals surface area contributed by atoms with E-state index < -0.39 is 0 Å². The first-order valence-electron chi connectivity index (χ1n) is 41.5. The first-order chi connectivity index (χ1) is 56.1. The summed E-state index contributed by atoms with van der Waals surface area (Å²) in [6.07, 6.45) is 24.9. The highest BCUT2D eigenvalue weighted by Gasteiger charge is 2.49. The fraction of sp³-hybridized carbons (Fsp3) is 0.206. The van der Waals surface area contributed by atoms with Crippen LogP contribution in [0.3, 0.4) is 0 Å². The van der Waals surface area contributed by atoms with E-state index >= 15 is 0 Å². The van der Waals surface area contributed by atoms with Crippen LogP contribution >= 0.6 is 0 Å². The lowest BCUT2D eigenvalue weighted by atomic mass is 9.55. The van der Waals surface area contributed by atoms with Crippen LogP contribution in [0.2, 0.25) is 0 Å². The molecule has 12 aromatic carbocycles. The van der Waals surface area contributed by atoms with Crippen molar-refractivity contribution in [2.75, 3.05) is 0 Å². The summed E-state index contributed by atoms with van der Waals surface area (Å²) in [6, 6.07) is 92.1. The second-order valence-corrected chi connectivity index (χ2v) is 35.8. The summed E-state index contributed by atoms with van der Waals surface area (Å²) in [5, 5.41) is 14.0. The highest BCUT2D eigenvalue weighted by molar-refractivity contribution is 6.16. The van der Waals surface area contributed by atoms with Gasteiger partial charge in [0.2, 0.25) is 0 Å². The van der Waals surface area contributed by atoms with Crippen LogP contribution in [0.4, 0.5) is 0 Å². The molecule has 0 saturated heterocycles. The van der Waals surface area contributed by atoms with Gasteiger partial charge in [-0.05, 0) is 180 Å². The summed E-state index contributed by atoms with van der Waals surface area (Å²) in [7, 11) is 0. The van der Waals surface area contributed by atoms with E-state index in [1.165, 1.54) is 144 Å². The number of aliphatic imine (C=N–C) groups is 2. The Bertz CT molecular complexity index is 7020. The Hall–Kier alpha value is -12.7. The van der Waals surface area contributed by atoms with Crippen LogP contribution in [0.25, 0.3) is 122 Å². The Kier molecular flexibility index (Phi) is 14.9. The lowest BCUT2D eigenvalue weighted by Crippen LogP contribution is -2.44. The molecule has 2 aliphatic heterocycles. The SMILES string of the molecule is CC1(C)CCC2(C)c3cccc4cc(-c5nc(-c6ccccc6)nc(-c6ccc7cc(C8C=CC(C9CC(C)(C)c%10c(ccc%11c%12ccccc%12n(C%12=CC=C%13C(C%14N=C(c%15ccccc%15)N=C(C%15Cc%16ccccc%16-c%16ccccc%16%15)N%14)=CC=CC%13C%12)c%10%11)C9(C)C)=CC8)ccc7c6)n5)cc(c34)-n3c4ccccc4c4ccc1c2c43. The second kappa shape index (κ2) is 25.2. The van der Waals surface area contributed by atoms with Gasteiger partial charge in [0.15, 0.2) is 23.3 Å². The lowest BCUT2D eigenvalue weighted by molar-refractivity contribution is 0.252. The average molecular weight is 1490 g/mol. The van der Waals surface area contributed by atoms with Gasteiger partial charge in [0.05, 0.1) is 27.8 Å². The summed E-state index contributed by atoms with van der Waals surface area (Å²) in [5.74, 6) is 4.45. The van der Waals surface area contributed by atoms with Crippen molar-refractivity contribution in [2.45, 2.75) is 127 Å². The van der Waals surface area contributed by atoms with E-state index in [9.17, 15) is 0 Å². The molecule has 1 N–H and O–H groups in total. The number of allylic oxidation sites excluding steroid dienone is 10. The third kappa shape index (κ3) is 10.4. The van der Waals surface area contributed by atoms with Crippen molar-refractivity contribution < 1.29 is 0 Å². The largest absolute Gasteiger partial charge is 0.348 e. The molecule has 3 aromatic heterocycles. The third-order valence-electron chi connectivity index (χ3n) is 28.0. The van der Waals surface area contributed by atoms with Gasteiger partial charge in [-0.25, -0.2) is 24.9 Å². The van der Waals surface area contributed by atoms with Crippen LogP contribution in [0.15, 0.2) is 324 Å². The van der Waals surface area contributed by atoms with E-state index in [2.05, 4.69) is 360 Å². The van der Waals surface area contributed by atoms with Gasteiger partial charge in [-0.2, -0.15) is 0 Å². The predicted octanol–water partition coefficient (Wildman–Crippen LogP) is 25.4. The first-order valence-corrected chi connectivity index (χ1v) is 41.5. The minimum atomic E-state index is -0.325. The van der Waals surface area contributed by atoms with Crippen molar-refractivity contribution in [1.82, 2.24) is 29.4 Å². The van der Waals surface area contributed by atoms with Gasteiger partial charge in [-0.1, -0.05) is 309 Å². The zero-order valence-electron chi connectivity index (χ0n) is 66.1. The minimum absolute atomic E-state index is 0.0399. The van der Waals surface area contributed by atoms with Gasteiger partial charge in [-0.3, -0.25) is 0 Å². The Morgan fingerprint density at radius 1 is 0.461 bits per heavy atom. The molecule has 0 amide bonds. The smallest absolute Gasteiger partial charge is 0.164 e. The van der Waals surface area contributed by atoms with Crippen LogP contribution in [0.1, 0.15) is 142 Å². The van der Waals surface area contributed by atoms with E-state index in [1.807, 2.05) is 0 Å². The van der Waals surface area contributed by atoms with Crippen LogP contribution in [-0.4, -0.2) is 41.9 Å². The zero-order chi connectivity index (χ0) is 77.0. The predicted molar refractivity (Wildman–Crippen MR) is 476 cm³/mol. The number of hydrogen-bond donors (Lipinski definition) is 1. The Morgan fingerprint density at radius 3 is 1.91 bits per heavy atom. The number of nitrogens with one attached hydrogen (secondary N) is 1. The normalized spacial score (nSPS) is 21.8. The number of hydrogen-bond acceptors (Lipinski definition) is 6. The highest BCUT2D eigenvalue weighted by Crippen LogP contribution is 2.59. The van der Waals surface area contributed by atoms with Gasteiger partial charge in [0.1, 0.15) is 12.0 Å². The Balaban J connectivity index is 0.548. The zero-order valence-corrected chi connectivity index (χ0v) is 66.1. The number of rotatable bonds is 9. The number of amidine groups is 2. The molecule has 8 heteroatoms. The number of benzene rings is 12. The van der Waals surface area contributed by atoms with Crippen molar-refractivity contribution in [3.63, 3.8) is 0 Å². The topological polar surface area (TPSA) is 85.3 Å². The molecule has 8 aliphatic rings. The van der Waals surface area contributed by atoms with Crippen molar-refractivity contribution in [3.05, 3.63) is 364 Å².